The second kappa shape index (κ2) is 16.6. The van der Waals surface area contributed by atoms with Gasteiger partial charge in [-0.25, -0.2) is 4.98 Å². The van der Waals surface area contributed by atoms with Crippen LogP contribution in [-0.4, -0.2) is 14.1 Å². The summed E-state index contributed by atoms with van der Waals surface area (Å²) in [6.45, 7) is 12.2. The van der Waals surface area contributed by atoms with Crippen LogP contribution in [0.1, 0.15) is 91.1 Å². The average Bonchev–Trinajstić information content (AvgIpc) is 3.46. The number of pyridine rings is 1. The molecule has 0 spiro atoms. The molecule has 328 valence electrons. The molecule has 7 aromatic carbocycles. The number of aromatic nitrogens is 4. The normalized spacial score (nSPS) is 18.9. The molecule has 1 aliphatic rings. The number of hydrogen-bond acceptors (Lipinski definition) is 2. The van der Waals surface area contributed by atoms with Crippen LogP contribution < -0.4 is 9.30 Å². The Morgan fingerprint density at radius 1 is 0.657 bits per heavy atom. The average molecular weight is 886 g/mol. The summed E-state index contributed by atoms with van der Waals surface area (Å²) in [6, 6.07) is 25.9. The zero-order valence-electron chi connectivity index (χ0n) is 52.8. The van der Waals surface area contributed by atoms with E-state index in [0.717, 1.165) is 33.2 Å². The van der Waals surface area contributed by atoms with Crippen molar-refractivity contribution in [3.63, 3.8) is 0 Å². The summed E-state index contributed by atoms with van der Waals surface area (Å²) in [5.41, 5.74) is 4.01. The molecule has 0 N–H and O–H groups in total. The first-order chi connectivity index (χ1) is 38.7. The van der Waals surface area contributed by atoms with Crippen LogP contribution >= 0.6 is 0 Å². The maximum Gasteiger partial charge on any atom is 0.269 e. The lowest BCUT2D eigenvalue weighted by Gasteiger charge is -2.27. The first-order valence-corrected chi connectivity index (χ1v) is 22.1. The number of para-hydroxylation sites is 1. The van der Waals surface area contributed by atoms with Crippen LogP contribution in [0.5, 0.6) is 11.5 Å². The van der Waals surface area contributed by atoms with Gasteiger partial charge < -0.3 is 4.74 Å². The second-order valence-corrected chi connectivity index (χ2v) is 18.7. The van der Waals surface area contributed by atoms with Crippen LogP contribution in [-0.2, 0) is 10.8 Å². The maximum absolute atomic E-state index is 9.47. The third-order valence-corrected chi connectivity index (χ3v) is 12.2. The minimum atomic E-state index is -1.60. The number of hydrogen-bond donors (Lipinski definition) is 0. The second-order valence-electron chi connectivity index (χ2n) is 18.7. The number of imidazole rings is 1. The molecule has 2 unspecified atom stereocenters. The lowest BCUT2D eigenvalue weighted by Crippen LogP contribution is -2.33. The van der Waals surface area contributed by atoms with Gasteiger partial charge in [0.25, 0.3) is 6.33 Å². The van der Waals surface area contributed by atoms with E-state index in [4.69, 9.17) is 24.8 Å². The maximum atomic E-state index is 9.47. The highest BCUT2D eigenvalue weighted by Crippen LogP contribution is 2.41. The summed E-state index contributed by atoms with van der Waals surface area (Å²) in [5.74, 6) is 0.227. The summed E-state index contributed by atoms with van der Waals surface area (Å²) in [4.78, 5) is 4.83. The summed E-state index contributed by atoms with van der Waals surface area (Å²) >= 11 is 0. The van der Waals surface area contributed by atoms with Gasteiger partial charge in [-0.3, -0.25) is 13.7 Å². The Labute approximate surface area is 414 Å². The van der Waals surface area contributed by atoms with E-state index in [1.807, 2.05) is 63.4 Å². The molecule has 3 aromatic heterocycles. The predicted octanol–water partition coefficient (Wildman–Crippen LogP) is 15.5. The molecular formula is C62H54N4O. The molecular weight excluding hydrogens is 817 g/mol. The Hall–Kier alpha value is -7.76. The number of rotatable bonds is 8. The zero-order valence-corrected chi connectivity index (χ0v) is 37.8. The molecule has 11 rings (SSSR count). The molecule has 0 bridgehead atoms. The van der Waals surface area contributed by atoms with Crippen LogP contribution in [0.2, 0.25) is 0 Å². The Kier molecular flexibility index (Phi) is 7.01. The van der Waals surface area contributed by atoms with Gasteiger partial charge in [-0.05, 0) is 111 Å². The number of fused-ring (bicyclic) bond motifs is 4. The molecule has 0 fully saturated rings. The highest BCUT2D eigenvalue weighted by atomic mass is 16.5. The third kappa shape index (κ3) is 7.84. The Balaban J connectivity index is 1.18. The molecule has 1 aliphatic carbocycles. The summed E-state index contributed by atoms with van der Waals surface area (Å²) in [5, 5.41) is 2.01. The van der Waals surface area contributed by atoms with Crippen molar-refractivity contribution in [1.29, 1.82) is 0 Å². The highest BCUT2D eigenvalue weighted by molar-refractivity contribution is 6.09. The van der Waals surface area contributed by atoms with Gasteiger partial charge in [-0.15, -0.1) is 0 Å². The first kappa shape index (κ1) is 28.3. The third-order valence-electron chi connectivity index (χ3n) is 12.2. The summed E-state index contributed by atoms with van der Waals surface area (Å²) < 4.78 is 146. The van der Waals surface area contributed by atoms with Crippen LogP contribution in [0.15, 0.2) is 200 Å². The molecule has 3 heterocycles. The largest absolute Gasteiger partial charge is 0.458 e. The van der Waals surface area contributed by atoms with Crippen molar-refractivity contribution in [2.45, 2.75) is 64.7 Å². The highest BCUT2D eigenvalue weighted by Gasteiger charge is 2.27. The number of ether oxygens (including phenoxy) is 1. The molecule has 0 saturated heterocycles. The van der Waals surface area contributed by atoms with Gasteiger partial charge in [0, 0.05) is 30.3 Å². The molecule has 10 aromatic rings. The van der Waals surface area contributed by atoms with Gasteiger partial charge in [0.2, 0.25) is 0 Å². The van der Waals surface area contributed by atoms with Crippen molar-refractivity contribution >= 4 is 32.8 Å². The standard InChI is InChI=1S/C62H54N4O/c1-61(2,3)46-33-34-63-59(38-46)66-55-28-17-16-27-51(55)52-31-30-50(40-57(52)66)67-49-26-18-25-48(39-49)64-41-65(56-32-29-45(35-58(56)64)42-19-10-7-11-20-42)60-53(43-21-12-8-13-22-43)36-47(62(4,5)6)37-54(60)44-23-14-9-15-24-44/h7-23,25-40,44H,24H2,1-6H3/i7D,8D,9D,10D,11D,12D,13D,14D,15D,19D,20D,21D,22D,23D,24D. The quantitative estimate of drug-likeness (QED) is 0.113. The Morgan fingerprint density at radius 3 is 2.19 bits per heavy atom. The van der Waals surface area contributed by atoms with Gasteiger partial charge in [0.1, 0.15) is 17.3 Å². The zero-order chi connectivity index (χ0) is 58.9. The van der Waals surface area contributed by atoms with Gasteiger partial charge in [-0.1, -0.05) is 175 Å². The molecule has 0 saturated carbocycles. The van der Waals surface area contributed by atoms with Gasteiger partial charge in [-0.2, -0.15) is 0 Å². The topological polar surface area (TPSA) is 35.9 Å². The fraction of sp³-hybridized carbons (Fsp3) is 0.161. The van der Waals surface area contributed by atoms with Gasteiger partial charge >= 0.3 is 0 Å². The molecule has 5 nitrogen and oxygen atoms in total. The van der Waals surface area contributed by atoms with Crippen LogP contribution in [0.3, 0.4) is 0 Å². The summed E-state index contributed by atoms with van der Waals surface area (Å²) in [6.07, 6.45) is 3.68. The molecule has 67 heavy (non-hydrogen) atoms. The molecule has 2 atom stereocenters. The molecule has 0 radical (unpaired) electrons. The van der Waals surface area contributed by atoms with Crippen molar-refractivity contribution < 1.29 is 29.9 Å². The molecule has 5 heteroatoms. The first-order valence-electron chi connectivity index (χ1n) is 29.7. The lowest BCUT2D eigenvalue weighted by atomic mass is 9.80. The van der Waals surface area contributed by atoms with Crippen molar-refractivity contribution in [3.8, 4) is 50.9 Å². The number of nitrogens with zero attached hydrogens (tertiary/aromatic N) is 4. The number of benzene rings is 7. The smallest absolute Gasteiger partial charge is 0.269 e. The van der Waals surface area contributed by atoms with Crippen molar-refractivity contribution in [2.24, 2.45) is 0 Å². The predicted molar refractivity (Wildman–Crippen MR) is 276 cm³/mol. The fourth-order valence-corrected chi connectivity index (χ4v) is 8.74. The van der Waals surface area contributed by atoms with Crippen LogP contribution in [0, 0.1) is 6.33 Å². The van der Waals surface area contributed by atoms with E-state index in [1.54, 1.807) is 63.7 Å². The van der Waals surface area contributed by atoms with Crippen LogP contribution in [0.4, 0.5) is 0 Å². The van der Waals surface area contributed by atoms with E-state index in [-0.39, 0.29) is 38.9 Å². The van der Waals surface area contributed by atoms with E-state index in [9.17, 15) is 5.48 Å². The SMILES string of the molecule is [2H]C1=C([2H])C([2H])C(c2cc(C(C)(C)C)cc(-c3c([2H])c([2H])c([2H])c([2H])c3[2H])c2-[n+]2[c-]n(-c3cccc(Oc4ccc5c6ccccc6n(-c6cc(C(C)(C)C)ccn6)c5c4)c3)c3cc(-c4c([2H])c([2H])c([2H])c([2H])c4[2H])ccc32)C([2H])=C1[2H]. The van der Waals surface area contributed by atoms with Crippen molar-refractivity contribution in [1.82, 2.24) is 14.1 Å². The van der Waals surface area contributed by atoms with E-state index >= 15 is 0 Å². The van der Waals surface area contributed by atoms with E-state index in [1.165, 1.54) is 0 Å². The van der Waals surface area contributed by atoms with E-state index in [2.05, 4.69) is 49.9 Å². The van der Waals surface area contributed by atoms with Crippen molar-refractivity contribution in [2.75, 3.05) is 0 Å². The molecule has 0 amide bonds. The molecule has 0 aliphatic heterocycles. The summed E-state index contributed by atoms with van der Waals surface area (Å²) in [7, 11) is 0. The lowest BCUT2D eigenvalue weighted by molar-refractivity contribution is -0.572. The van der Waals surface area contributed by atoms with Crippen molar-refractivity contribution in [3.05, 3.63) is 223 Å². The Bertz CT molecular complexity index is 4370. The van der Waals surface area contributed by atoms with Gasteiger partial charge in [0.05, 0.1) is 52.6 Å². The van der Waals surface area contributed by atoms with Gasteiger partial charge in [0.15, 0.2) is 0 Å². The Morgan fingerprint density at radius 2 is 1.40 bits per heavy atom. The minimum Gasteiger partial charge on any atom is -0.458 e. The fourth-order valence-electron chi connectivity index (χ4n) is 8.74. The van der Waals surface area contributed by atoms with Crippen LogP contribution in [0.25, 0.3) is 72.3 Å². The van der Waals surface area contributed by atoms with E-state index in [0.29, 0.717) is 33.8 Å². The monoisotopic (exact) mass is 886 g/mol. The minimum absolute atomic E-state index is 0.0818. The number of allylic oxidation sites excluding steroid dienone is 4. The van der Waals surface area contributed by atoms with E-state index < -0.39 is 102 Å².